The molecule has 0 unspecified atom stereocenters. The van der Waals surface area contributed by atoms with Gasteiger partial charge in [-0.25, -0.2) is 18.6 Å². The minimum Gasteiger partial charge on any atom is -0.349 e. The number of pyridine rings is 1. The van der Waals surface area contributed by atoms with Gasteiger partial charge >= 0.3 is 5.69 Å². The fraction of sp³-hybridized carbons (Fsp3) is 0.310. The summed E-state index contributed by atoms with van der Waals surface area (Å²) in [4.78, 5) is 34.6. The minimum absolute atomic E-state index is 0.105. The lowest BCUT2D eigenvalue weighted by atomic mass is 9.85. The first-order valence-electron chi connectivity index (χ1n) is 13.2. The van der Waals surface area contributed by atoms with Crippen LogP contribution >= 0.6 is 11.6 Å². The Kier molecular flexibility index (Phi) is 6.87. The predicted octanol–water partition coefficient (Wildman–Crippen LogP) is 5.65. The average molecular weight is 565 g/mol. The van der Waals surface area contributed by atoms with Crippen molar-refractivity contribution in [1.82, 2.24) is 29.0 Å². The van der Waals surface area contributed by atoms with Crippen molar-refractivity contribution in [2.45, 2.75) is 44.7 Å². The normalized spacial score (nSPS) is 17.6. The van der Waals surface area contributed by atoms with E-state index in [4.69, 9.17) is 11.6 Å². The summed E-state index contributed by atoms with van der Waals surface area (Å²) in [6.45, 7) is 0.550. The third-order valence-corrected chi connectivity index (χ3v) is 7.97. The smallest absolute Gasteiger partial charge is 0.333 e. The molecule has 6 rings (SSSR count). The van der Waals surface area contributed by atoms with Gasteiger partial charge in [-0.3, -0.25) is 18.9 Å². The fourth-order valence-electron chi connectivity index (χ4n) is 5.70. The number of aromatic nitrogens is 5. The number of halogens is 3. The molecule has 206 valence electrons. The predicted molar refractivity (Wildman–Crippen MR) is 149 cm³/mol. The highest BCUT2D eigenvalue weighted by Gasteiger charge is 2.27. The number of para-hydroxylation sites is 2. The quantitative estimate of drug-likeness (QED) is 0.289. The number of amides is 1. The molecule has 1 N–H and O–H groups in total. The van der Waals surface area contributed by atoms with E-state index in [0.717, 1.165) is 46.8 Å². The number of rotatable bonds is 6. The van der Waals surface area contributed by atoms with Crippen molar-refractivity contribution < 1.29 is 13.6 Å². The number of hydrogen-bond acceptors (Lipinski definition) is 4. The maximum Gasteiger partial charge on any atom is 0.333 e. The van der Waals surface area contributed by atoms with E-state index in [1.165, 1.54) is 6.07 Å². The Hall–Kier alpha value is -4.05. The second-order valence-electron chi connectivity index (χ2n) is 10.3. The van der Waals surface area contributed by atoms with Crippen LogP contribution in [0.2, 0.25) is 5.02 Å². The van der Waals surface area contributed by atoms with Crippen molar-refractivity contribution in [3.8, 4) is 5.69 Å². The second-order valence-corrected chi connectivity index (χ2v) is 10.8. The lowest BCUT2D eigenvalue weighted by Gasteiger charge is -2.29. The summed E-state index contributed by atoms with van der Waals surface area (Å²) >= 11 is 5.91. The molecule has 1 saturated carbocycles. The highest BCUT2D eigenvalue weighted by Crippen LogP contribution is 2.29. The highest BCUT2D eigenvalue weighted by atomic mass is 35.5. The van der Waals surface area contributed by atoms with Crippen LogP contribution in [-0.4, -0.2) is 35.6 Å². The Morgan fingerprint density at radius 1 is 1.05 bits per heavy atom. The van der Waals surface area contributed by atoms with Gasteiger partial charge < -0.3 is 9.88 Å². The molecule has 2 aromatic carbocycles. The number of benzene rings is 2. The molecule has 1 amide bonds. The van der Waals surface area contributed by atoms with Gasteiger partial charge in [0.15, 0.2) is 0 Å². The standard InChI is InChI=1S/C29H27ClF2N6O2/c1-36-16-34-22-11-10-20(13-25(22)36)38-24-5-3-2-4-23(24)37(29(38)40)15-17-6-8-19(9-7-17)35-28(39)21-12-18(30)14-33-26(21)27(31)32/h2-5,10-14,16-17,19,27H,6-9,15H2,1H3,(H,35,39). The number of imidazole rings is 2. The molecule has 1 fully saturated rings. The van der Waals surface area contributed by atoms with E-state index >= 15 is 0 Å². The number of aryl methyl sites for hydroxylation is 1. The van der Waals surface area contributed by atoms with Crippen LogP contribution in [0.25, 0.3) is 27.8 Å². The maximum atomic E-state index is 13.8. The summed E-state index contributed by atoms with van der Waals surface area (Å²) in [6, 6.07) is 14.6. The van der Waals surface area contributed by atoms with Crippen LogP contribution in [0.15, 0.2) is 65.8 Å². The molecule has 0 atom stereocenters. The highest BCUT2D eigenvalue weighted by molar-refractivity contribution is 6.30. The number of carbonyl (C=O) groups is 1. The molecule has 40 heavy (non-hydrogen) atoms. The molecule has 5 aromatic rings. The van der Waals surface area contributed by atoms with E-state index in [2.05, 4.69) is 15.3 Å². The lowest BCUT2D eigenvalue weighted by molar-refractivity contribution is 0.0904. The van der Waals surface area contributed by atoms with Crippen molar-refractivity contribution in [2.75, 3.05) is 0 Å². The molecule has 0 spiro atoms. The monoisotopic (exact) mass is 564 g/mol. The van der Waals surface area contributed by atoms with Gasteiger partial charge in [0, 0.05) is 25.8 Å². The van der Waals surface area contributed by atoms with Gasteiger partial charge in [-0.05, 0) is 68.0 Å². The van der Waals surface area contributed by atoms with Crippen molar-refractivity contribution in [1.29, 1.82) is 0 Å². The van der Waals surface area contributed by atoms with Crippen LogP contribution in [-0.2, 0) is 13.6 Å². The van der Waals surface area contributed by atoms with Crippen molar-refractivity contribution >= 4 is 39.6 Å². The number of alkyl halides is 2. The van der Waals surface area contributed by atoms with Crippen LogP contribution in [0.3, 0.4) is 0 Å². The van der Waals surface area contributed by atoms with Gasteiger partial charge in [0.1, 0.15) is 5.69 Å². The van der Waals surface area contributed by atoms with E-state index < -0.39 is 18.0 Å². The van der Waals surface area contributed by atoms with E-state index in [9.17, 15) is 18.4 Å². The van der Waals surface area contributed by atoms with Crippen LogP contribution in [0.4, 0.5) is 8.78 Å². The summed E-state index contributed by atoms with van der Waals surface area (Å²) in [5, 5.41) is 3.00. The van der Waals surface area contributed by atoms with Crippen LogP contribution in [0, 0.1) is 5.92 Å². The summed E-state index contributed by atoms with van der Waals surface area (Å²) in [5.41, 5.74) is 3.40. The van der Waals surface area contributed by atoms with Crippen LogP contribution < -0.4 is 11.0 Å². The minimum atomic E-state index is -2.87. The Balaban J connectivity index is 1.20. The van der Waals surface area contributed by atoms with Gasteiger partial charge in [0.05, 0.1) is 44.7 Å². The Labute approximate surface area is 233 Å². The molecule has 0 aliphatic heterocycles. The topological polar surface area (TPSA) is 86.7 Å². The molecule has 0 saturated heterocycles. The van der Waals surface area contributed by atoms with Crippen molar-refractivity contribution in [2.24, 2.45) is 13.0 Å². The molecule has 1 aliphatic rings. The summed E-state index contributed by atoms with van der Waals surface area (Å²) in [7, 11) is 1.92. The molecule has 11 heteroatoms. The lowest BCUT2D eigenvalue weighted by Crippen LogP contribution is -2.39. The van der Waals surface area contributed by atoms with E-state index in [0.29, 0.717) is 19.4 Å². The number of nitrogens with zero attached hydrogens (tertiary/aromatic N) is 5. The zero-order valence-corrected chi connectivity index (χ0v) is 22.5. The first-order valence-corrected chi connectivity index (χ1v) is 13.5. The van der Waals surface area contributed by atoms with Gasteiger partial charge in [-0.1, -0.05) is 23.7 Å². The first-order chi connectivity index (χ1) is 19.3. The van der Waals surface area contributed by atoms with Gasteiger partial charge in [0.25, 0.3) is 12.3 Å². The molecular formula is C29H27ClF2N6O2. The zero-order chi connectivity index (χ0) is 28.0. The Bertz CT molecular complexity index is 1780. The molecular weight excluding hydrogens is 538 g/mol. The summed E-state index contributed by atoms with van der Waals surface area (Å²) < 4.78 is 32.2. The Morgan fingerprint density at radius 2 is 1.80 bits per heavy atom. The second kappa shape index (κ2) is 10.5. The van der Waals surface area contributed by atoms with E-state index in [-0.39, 0.29) is 28.2 Å². The number of carbonyl (C=O) groups excluding carboxylic acids is 1. The van der Waals surface area contributed by atoms with E-state index in [1.807, 2.05) is 58.6 Å². The third kappa shape index (κ3) is 4.77. The van der Waals surface area contributed by atoms with Gasteiger partial charge in [0.2, 0.25) is 0 Å². The molecule has 1 aliphatic carbocycles. The number of hydrogen-bond donors (Lipinski definition) is 1. The van der Waals surface area contributed by atoms with Crippen molar-refractivity contribution in [3.05, 3.63) is 87.8 Å². The van der Waals surface area contributed by atoms with Crippen molar-refractivity contribution in [3.63, 3.8) is 0 Å². The zero-order valence-electron chi connectivity index (χ0n) is 21.7. The molecule has 3 heterocycles. The largest absolute Gasteiger partial charge is 0.349 e. The molecule has 3 aromatic heterocycles. The van der Waals surface area contributed by atoms with Gasteiger partial charge in [-0.2, -0.15) is 0 Å². The molecule has 0 radical (unpaired) electrons. The molecule has 0 bridgehead atoms. The van der Waals surface area contributed by atoms with Crippen LogP contribution in [0.1, 0.15) is 48.2 Å². The SMILES string of the molecule is Cn1cnc2ccc(-n3c(=O)n(CC4CCC(NC(=O)c5cc(Cl)cnc5C(F)F)CC4)c4ccccc43)cc21. The molecule has 8 nitrogen and oxygen atoms in total. The summed E-state index contributed by atoms with van der Waals surface area (Å²) in [5.74, 6) is -0.368. The summed E-state index contributed by atoms with van der Waals surface area (Å²) in [6.07, 6.45) is 2.92. The average Bonchev–Trinajstić information content (AvgIpc) is 3.45. The Morgan fingerprint density at radius 3 is 2.55 bits per heavy atom. The fourth-order valence-corrected chi connectivity index (χ4v) is 5.86. The number of nitrogens with one attached hydrogen (secondary N) is 1. The van der Waals surface area contributed by atoms with E-state index in [1.54, 1.807) is 10.9 Å². The van der Waals surface area contributed by atoms with Gasteiger partial charge in [-0.15, -0.1) is 0 Å². The third-order valence-electron chi connectivity index (χ3n) is 7.76. The first kappa shape index (κ1) is 26.2. The maximum absolute atomic E-state index is 13.8. The number of fused-ring (bicyclic) bond motifs is 2. The van der Waals surface area contributed by atoms with Crippen LogP contribution in [0.5, 0.6) is 0 Å².